The molecule has 0 saturated heterocycles. The maximum absolute atomic E-state index is 13.3. The normalized spacial score (nSPS) is 13.9. The predicted molar refractivity (Wildman–Crippen MR) is 114 cm³/mol. The summed E-state index contributed by atoms with van der Waals surface area (Å²) in [6, 6.07) is 0. The van der Waals surface area contributed by atoms with Gasteiger partial charge in [0.2, 0.25) is 0 Å². The molecule has 0 aliphatic rings. The Morgan fingerprint density at radius 1 is 0.447 bits per heavy atom. The highest BCUT2D eigenvalue weighted by atomic mass is 35.5. The Kier molecular flexibility index (Phi) is 13.9. The predicted octanol–water partition coefficient (Wildman–Crippen LogP) is 7.32. The number of nitrogens with one attached hydrogen (secondary N) is 2. The lowest BCUT2D eigenvalue weighted by Crippen LogP contribution is -2.59. The van der Waals surface area contributed by atoms with Gasteiger partial charge in [-0.1, -0.05) is 51.4 Å². The minimum absolute atomic E-state index is 0.115. The van der Waals surface area contributed by atoms with E-state index in [9.17, 15) is 62.3 Å². The van der Waals surface area contributed by atoms with Crippen LogP contribution in [0.1, 0.15) is 64.2 Å². The standard InChI is InChI=1S/C20H26Cl2F12N2O2/c21-19(31,32)17(27,28)15(23,24)13(37)35-11-9-7-5-3-1-2-4-6-8-10-12-36-14(38)16(25,26)18(29,30)20(22,33)34/h1-12H2,(H,35,37)(H,36,38). The van der Waals surface area contributed by atoms with Gasteiger partial charge in [0.25, 0.3) is 11.8 Å². The first-order valence-corrected chi connectivity index (χ1v) is 12.0. The Balaban J connectivity index is 3.91. The van der Waals surface area contributed by atoms with E-state index in [0.717, 1.165) is 0 Å². The Hall–Kier alpha value is -1.32. The van der Waals surface area contributed by atoms with Crippen LogP contribution in [0.25, 0.3) is 0 Å². The maximum atomic E-state index is 13.3. The van der Waals surface area contributed by atoms with Crippen molar-refractivity contribution in [2.75, 3.05) is 13.1 Å². The van der Waals surface area contributed by atoms with Gasteiger partial charge in [-0.05, 0) is 36.0 Å². The van der Waals surface area contributed by atoms with Crippen LogP contribution in [-0.2, 0) is 9.59 Å². The molecule has 4 nitrogen and oxygen atoms in total. The van der Waals surface area contributed by atoms with Crippen molar-refractivity contribution in [3.63, 3.8) is 0 Å². The minimum atomic E-state index is -6.09. The van der Waals surface area contributed by atoms with E-state index in [2.05, 4.69) is 23.2 Å². The van der Waals surface area contributed by atoms with Gasteiger partial charge in [0.05, 0.1) is 0 Å². The van der Waals surface area contributed by atoms with Crippen LogP contribution in [0.4, 0.5) is 52.7 Å². The number of carbonyl (C=O) groups is 2. The molecule has 0 rings (SSSR count). The zero-order chi connectivity index (χ0) is 30.1. The van der Waals surface area contributed by atoms with Crippen LogP contribution in [0.3, 0.4) is 0 Å². The number of hydrogen-bond acceptors (Lipinski definition) is 2. The lowest BCUT2D eigenvalue weighted by molar-refractivity contribution is -0.269. The molecule has 0 bridgehead atoms. The van der Waals surface area contributed by atoms with Crippen molar-refractivity contribution in [2.45, 2.75) is 98.7 Å². The Bertz CT molecular complexity index is 697. The average molecular weight is 625 g/mol. The van der Waals surface area contributed by atoms with Gasteiger partial charge < -0.3 is 10.6 Å². The van der Waals surface area contributed by atoms with Crippen molar-refractivity contribution >= 4 is 35.0 Å². The Morgan fingerprint density at radius 2 is 0.658 bits per heavy atom. The molecule has 0 aliphatic carbocycles. The van der Waals surface area contributed by atoms with Crippen molar-refractivity contribution in [1.82, 2.24) is 10.6 Å². The molecule has 38 heavy (non-hydrogen) atoms. The molecular formula is C20H26Cl2F12N2O2. The maximum Gasteiger partial charge on any atom is 0.395 e. The summed E-state index contributed by atoms with van der Waals surface area (Å²) in [6.07, 6.45) is 4.98. The van der Waals surface area contributed by atoms with Gasteiger partial charge in [0.1, 0.15) is 0 Å². The van der Waals surface area contributed by atoms with E-state index in [4.69, 9.17) is 0 Å². The van der Waals surface area contributed by atoms with E-state index in [-0.39, 0.29) is 12.8 Å². The van der Waals surface area contributed by atoms with Crippen LogP contribution in [0.2, 0.25) is 0 Å². The van der Waals surface area contributed by atoms with Crippen LogP contribution in [0.5, 0.6) is 0 Å². The highest BCUT2D eigenvalue weighted by Gasteiger charge is 2.75. The summed E-state index contributed by atoms with van der Waals surface area (Å²) in [4.78, 5) is 22.3. The summed E-state index contributed by atoms with van der Waals surface area (Å²) in [5.41, 5.74) is 0. The van der Waals surface area contributed by atoms with Crippen LogP contribution in [0, 0.1) is 0 Å². The summed E-state index contributed by atoms with van der Waals surface area (Å²) >= 11 is 7.92. The van der Waals surface area contributed by atoms with Crippen molar-refractivity contribution in [1.29, 1.82) is 0 Å². The van der Waals surface area contributed by atoms with Crippen LogP contribution in [-0.4, -0.2) is 59.4 Å². The molecule has 0 spiro atoms. The highest BCUT2D eigenvalue weighted by molar-refractivity contribution is 6.23. The van der Waals surface area contributed by atoms with E-state index in [1.165, 1.54) is 10.6 Å². The smallest absolute Gasteiger partial charge is 0.351 e. The molecule has 0 heterocycles. The number of carbonyl (C=O) groups excluding carboxylic acids is 2. The minimum Gasteiger partial charge on any atom is -0.351 e. The number of rotatable bonds is 19. The molecule has 0 aliphatic heterocycles. The van der Waals surface area contributed by atoms with Crippen LogP contribution in [0.15, 0.2) is 0 Å². The molecule has 0 radical (unpaired) electrons. The van der Waals surface area contributed by atoms with E-state index in [0.29, 0.717) is 51.4 Å². The molecule has 0 aromatic heterocycles. The number of hydrogen-bond donors (Lipinski definition) is 2. The van der Waals surface area contributed by atoms with Gasteiger partial charge in [-0.3, -0.25) is 9.59 Å². The van der Waals surface area contributed by atoms with Gasteiger partial charge in [0, 0.05) is 13.1 Å². The molecule has 2 N–H and O–H groups in total. The fourth-order valence-corrected chi connectivity index (χ4v) is 3.17. The third-order valence-electron chi connectivity index (χ3n) is 5.25. The Morgan fingerprint density at radius 3 is 0.868 bits per heavy atom. The summed E-state index contributed by atoms with van der Waals surface area (Å²) < 4.78 is 155. The van der Waals surface area contributed by atoms with Gasteiger partial charge in [-0.25, -0.2) is 0 Å². The fraction of sp³-hybridized carbons (Fsp3) is 0.900. The molecule has 2 amide bonds. The van der Waals surface area contributed by atoms with E-state index < -0.39 is 59.4 Å². The molecule has 0 fully saturated rings. The van der Waals surface area contributed by atoms with Gasteiger partial charge in [0.15, 0.2) is 0 Å². The largest absolute Gasteiger partial charge is 0.395 e. The van der Waals surface area contributed by atoms with Gasteiger partial charge >= 0.3 is 34.5 Å². The first kappa shape index (κ1) is 36.7. The summed E-state index contributed by atoms with van der Waals surface area (Å²) in [5.74, 6) is -28.8. The summed E-state index contributed by atoms with van der Waals surface area (Å²) in [6.45, 7) is -0.903. The summed E-state index contributed by atoms with van der Waals surface area (Å²) in [7, 11) is 0. The monoisotopic (exact) mass is 624 g/mol. The number of unbranched alkanes of at least 4 members (excludes halogenated alkanes) is 9. The molecule has 0 unspecified atom stereocenters. The third-order valence-corrected chi connectivity index (χ3v) is 5.72. The van der Waals surface area contributed by atoms with E-state index >= 15 is 0 Å². The third kappa shape index (κ3) is 9.70. The molecule has 0 aromatic carbocycles. The number of halogens is 14. The summed E-state index contributed by atoms with van der Waals surface area (Å²) in [5, 5.41) is -8.34. The number of alkyl halides is 14. The van der Waals surface area contributed by atoms with Crippen LogP contribution >= 0.6 is 23.2 Å². The molecule has 0 aromatic rings. The van der Waals surface area contributed by atoms with Crippen molar-refractivity contribution in [2.24, 2.45) is 0 Å². The molecule has 0 saturated carbocycles. The molecule has 226 valence electrons. The Labute approximate surface area is 220 Å². The fourth-order valence-electron chi connectivity index (χ4n) is 2.93. The average Bonchev–Trinajstić information content (AvgIpc) is 2.76. The quantitative estimate of drug-likeness (QED) is 0.0898. The van der Waals surface area contributed by atoms with Gasteiger partial charge in [-0.15, -0.1) is 0 Å². The highest BCUT2D eigenvalue weighted by Crippen LogP contribution is 2.48. The van der Waals surface area contributed by atoms with Crippen molar-refractivity contribution < 1.29 is 62.3 Å². The van der Waals surface area contributed by atoms with Gasteiger partial charge in [-0.2, -0.15) is 52.7 Å². The number of amides is 2. The second kappa shape index (κ2) is 14.4. The molecule has 0 atom stereocenters. The first-order valence-electron chi connectivity index (χ1n) is 11.3. The topological polar surface area (TPSA) is 58.2 Å². The molecular weight excluding hydrogens is 599 g/mol. The second-order valence-electron chi connectivity index (χ2n) is 8.34. The van der Waals surface area contributed by atoms with Crippen molar-refractivity contribution in [3.8, 4) is 0 Å². The zero-order valence-corrected chi connectivity index (χ0v) is 21.1. The lowest BCUT2D eigenvalue weighted by atomic mass is 10.1. The first-order chi connectivity index (χ1) is 17.0. The second-order valence-corrected chi connectivity index (χ2v) is 9.29. The van der Waals surface area contributed by atoms with E-state index in [1.807, 2.05) is 0 Å². The van der Waals surface area contributed by atoms with Crippen molar-refractivity contribution in [3.05, 3.63) is 0 Å². The lowest BCUT2D eigenvalue weighted by Gasteiger charge is -2.28. The zero-order valence-electron chi connectivity index (χ0n) is 19.6. The van der Waals surface area contributed by atoms with E-state index in [1.54, 1.807) is 0 Å². The molecule has 18 heteroatoms. The van der Waals surface area contributed by atoms with Crippen LogP contribution < -0.4 is 10.6 Å². The SMILES string of the molecule is O=C(NCCCCCCCCCCCCNC(=O)C(F)(F)C(F)(F)C(F)(F)Cl)C(F)(F)C(F)(F)C(F)(F)Cl.